The summed E-state index contributed by atoms with van der Waals surface area (Å²) in [7, 11) is -4.32. The molecule has 2 amide bonds. The van der Waals surface area contributed by atoms with Crippen LogP contribution in [0.3, 0.4) is 0 Å². The molecule has 0 bridgehead atoms. The van der Waals surface area contributed by atoms with Gasteiger partial charge < -0.3 is 0 Å². The SMILES string of the molecule is Cc1ccc2c3c(cccc13)C(=O)N(OS(=O)(=O)c1ccccc1)C2=O. The van der Waals surface area contributed by atoms with Crippen molar-refractivity contribution in [2.75, 3.05) is 0 Å². The Morgan fingerprint density at radius 2 is 1.46 bits per heavy atom. The number of carbonyl (C=O) groups is 2. The molecule has 0 unspecified atom stereocenters. The molecule has 0 aliphatic carbocycles. The molecule has 0 saturated heterocycles. The molecule has 0 atom stereocenters. The Labute approximate surface area is 149 Å². The quantitative estimate of drug-likeness (QED) is 0.665. The fourth-order valence-electron chi connectivity index (χ4n) is 3.02. The van der Waals surface area contributed by atoms with E-state index < -0.39 is 21.9 Å². The summed E-state index contributed by atoms with van der Waals surface area (Å²) in [6.07, 6.45) is 0. The van der Waals surface area contributed by atoms with Crippen molar-refractivity contribution in [2.45, 2.75) is 11.8 Å². The first kappa shape index (κ1) is 16.4. The summed E-state index contributed by atoms with van der Waals surface area (Å²) in [6, 6.07) is 15.7. The van der Waals surface area contributed by atoms with E-state index in [1.54, 1.807) is 30.3 Å². The van der Waals surface area contributed by atoms with Gasteiger partial charge in [0.05, 0.1) is 16.0 Å². The second-order valence-corrected chi connectivity index (χ2v) is 7.43. The van der Waals surface area contributed by atoms with E-state index in [4.69, 9.17) is 4.28 Å². The van der Waals surface area contributed by atoms with Crippen molar-refractivity contribution >= 4 is 32.7 Å². The number of benzene rings is 3. The first-order valence-corrected chi connectivity index (χ1v) is 9.22. The normalized spacial score (nSPS) is 14.1. The first-order valence-electron chi connectivity index (χ1n) is 7.81. The zero-order chi connectivity index (χ0) is 18.5. The number of hydroxylamine groups is 2. The van der Waals surface area contributed by atoms with Crippen molar-refractivity contribution in [2.24, 2.45) is 0 Å². The molecule has 6 nitrogen and oxygen atoms in total. The lowest BCUT2D eigenvalue weighted by Crippen LogP contribution is -2.41. The molecule has 0 spiro atoms. The van der Waals surface area contributed by atoms with E-state index in [2.05, 4.69) is 0 Å². The van der Waals surface area contributed by atoms with Gasteiger partial charge in [0, 0.05) is 5.39 Å². The Kier molecular flexibility index (Phi) is 3.64. The van der Waals surface area contributed by atoms with Crippen molar-refractivity contribution in [3.63, 3.8) is 0 Å². The summed E-state index contributed by atoms with van der Waals surface area (Å²) >= 11 is 0. The molecule has 26 heavy (non-hydrogen) atoms. The molecule has 3 aromatic rings. The van der Waals surface area contributed by atoms with E-state index in [-0.39, 0.29) is 16.0 Å². The van der Waals surface area contributed by atoms with Gasteiger partial charge in [0.15, 0.2) is 0 Å². The lowest BCUT2D eigenvalue weighted by molar-refractivity contribution is -0.0155. The number of hydrogen-bond donors (Lipinski definition) is 0. The summed E-state index contributed by atoms with van der Waals surface area (Å²) in [5.41, 5.74) is 1.37. The number of imide groups is 1. The van der Waals surface area contributed by atoms with Crippen LogP contribution >= 0.6 is 0 Å². The lowest BCUT2D eigenvalue weighted by Gasteiger charge is -2.25. The van der Waals surface area contributed by atoms with E-state index in [1.807, 2.05) is 13.0 Å². The maximum absolute atomic E-state index is 12.7. The van der Waals surface area contributed by atoms with E-state index in [1.165, 1.54) is 24.3 Å². The predicted octanol–water partition coefficient (Wildman–Crippen LogP) is 3.06. The van der Waals surface area contributed by atoms with Crippen LogP contribution in [0.25, 0.3) is 10.8 Å². The molecule has 1 aliphatic heterocycles. The van der Waals surface area contributed by atoms with Gasteiger partial charge in [-0.15, -0.1) is 9.35 Å². The van der Waals surface area contributed by atoms with Gasteiger partial charge in [0.25, 0.3) is 11.8 Å². The predicted molar refractivity (Wildman–Crippen MR) is 93.9 cm³/mol. The Morgan fingerprint density at radius 3 is 2.15 bits per heavy atom. The highest BCUT2D eigenvalue weighted by molar-refractivity contribution is 7.86. The molecule has 130 valence electrons. The largest absolute Gasteiger partial charge is 0.318 e. The molecule has 0 fully saturated rings. The van der Waals surface area contributed by atoms with E-state index >= 15 is 0 Å². The van der Waals surface area contributed by atoms with Crippen LogP contribution in [0.2, 0.25) is 0 Å². The van der Waals surface area contributed by atoms with Crippen LogP contribution in [0.15, 0.2) is 65.6 Å². The van der Waals surface area contributed by atoms with Crippen LogP contribution in [-0.4, -0.2) is 25.3 Å². The minimum atomic E-state index is -4.32. The summed E-state index contributed by atoms with van der Waals surface area (Å²) in [4.78, 5) is 25.4. The van der Waals surface area contributed by atoms with Crippen molar-refractivity contribution in [3.05, 3.63) is 77.4 Å². The zero-order valence-electron chi connectivity index (χ0n) is 13.7. The molecule has 1 aliphatic rings. The summed E-state index contributed by atoms with van der Waals surface area (Å²) in [5.74, 6) is -1.61. The first-order chi connectivity index (χ1) is 12.4. The average Bonchev–Trinajstić information content (AvgIpc) is 2.65. The number of nitrogens with zero attached hydrogens (tertiary/aromatic N) is 1. The molecule has 0 radical (unpaired) electrons. The van der Waals surface area contributed by atoms with Gasteiger partial charge >= 0.3 is 10.1 Å². The Hall–Kier alpha value is -3.03. The smallest absolute Gasteiger partial charge is 0.266 e. The Morgan fingerprint density at radius 1 is 0.808 bits per heavy atom. The number of hydrogen-bond acceptors (Lipinski definition) is 5. The summed E-state index contributed by atoms with van der Waals surface area (Å²) in [5, 5.41) is 1.60. The molecule has 1 heterocycles. The van der Waals surface area contributed by atoms with Gasteiger partial charge in [-0.3, -0.25) is 9.59 Å². The minimum Gasteiger partial charge on any atom is -0.266 e. The van der Waals surface area contributed by atoms with Gasteiger partial charge in [-0.1, -0.05) is 36.4 Å². The van der Waals surface area contributed by atoms with Gasteiger partial charge in [0.1, 0.15) is 0 Å². The number of carbonyl (C=O) groups excluding carboxylic acids is 2. The topological polar surface area (TPSA) is 80.8 Å². The maximum atomic E-state index is 12.7. The second-order valence-electron chi connectivity index (χ2n) is 5.90. The molecule has 0 N–H and O–H groups in total. The van der Waals surface area contributed by atoms with Crippen LogP contribution in [0.1, 0.15) is 26.3 Å². The average molecular weight is 367 g/mol. The van der Waals surface area contributed by atoms with Crippen LogP contribution in [-0.2, 0) is 14.4 Å². The molecule has 4 rings (SSSR count). The third kappa shape index (κ3) is 2.40. The Balaban J connectivity index is 1.83. The number of aryl methyl sites for hydroxylation is 1. The van der Waals surface area contributed by atoms with E-state index in [9.17, 15) is 18.0 Å². The van der Waals surface area contributed by atoms with E-state index in [0.29, 0.717) is 10.4 Å². The van der Waals surface area contributed by atoms with Gasteiger partial charge in [0.2, 0.25) is 0 Å². The second kappa shape index (κ2) is 5.76. The van der Waals surface area contributed by atoms with Crippen molar-refractivity contribution in [1.29, 1.82) is 0 Å². The third-order valence-electron chi connectivity index (χ3n) is 4.29. The highest BCUT2D eigenvalue weighted by Crippen LogP contribution is 2.32. The van der Waals surface area contributed by atoms with Crippen LogP contribution in [0.4, 0.5) is 0 Å². The monoisotopic (exact) mass is 367 g/mol. The highest BCUT2D eigenvalue weighted by atomic mass is 32.2. The van der Waals surface area contributed by atoms with Gasteiger partial charge in [-0.25, -0.2) is 0 Å². The third-order valence-corrected chi connectivity index (χ3v) is 5.49. The van der Waals surface area contributed by atoms with Crippen LogP contribution < -0.4 is 0 Å². The fraction of sp³-hybridized carbons (Fsp3) is 0.0526. The van der Waals surface area contributed by atoms with Crippen LogP contribution in [0.5, 0.6) is 0 Å². The molecule has 7 heteroatoms. The van der Waals surface area contributed by atoms with Crippen LogP contribution in [0, 0.1) is 6.92 Å². The lowest BCUT2D eigenvalue weighted by atomic mass is 9.92. The van der Waals surface area contributed by atoms with Gasteiger partial charge in [-0.2, -0.15) is 8.42 Å². The fourth-order valence-corrected chi connectivity index (χ4v) is 3.92. The van der Waals surface area contributed by atoms with Crippen molar-refractivity contribution < 1.29 is 22.3 Å². The minimum absolute atomic E-state index is 0.145. The summed E-state index contributed by atoms with van der Waals surface area (Å²) in [6.45, 7) is 1.88. The van der Waals surface area contributed by atoms with Gasteiger partial charge in [-0.05, 0) is 42.1 Å². The number of amides is 2. The molecular formula is C19H13NO5S. The van der Waals surface area contributed by atoms with Crippen molar-refractivity contribution in [3.8, 4) is 0 Å². The molecule has 0 aromatic heterocycles. The molecule has 0 saturated carbocycles. The molecular weight excluding hydrogens is 354 g/mol. The standard InChI is InChI=1S/C19H13NO5S/c1-12-10-11-16-17-14(12)8-5-9-15(17)18(21)20(19(16)22)25-26(23,24)13-6-3-2-4-7-13/h2-11H,1H3. The highest BCUT2D eigenvalue weighted by Gasteiger charge is 2.37. The zero-order valence-corrected chi connectivity index (χ0v) is 14.5. The number of rotatable bonds is 3. The van der Waals surface area contributed by atoms with E-state index in [0.717, 1.165) is 10.9 Å². The molecule has 3 aromatic carbocycles. The summed E-state index contributed by atoms with van der Waals surface area (Å²) < 4.78 is 29.8. The maximum Gasteiger partial charge on any atom is 0.318 e. The van der Waals surface area contributed by atoms with Crippen molar-refractivity contribution in [1.82, 2.24) is 5.06 Å². The Bertz CT molecular complexity index is 1150.